The van der Waals surface area contributed by atoms with Gasteiger partial charge in [-0.25, -0.2) is 4.98 Å². The van der Waals surface area contributed by atoms with Crippen molar-refractivity contribution in [3.63, 3.8) is 0 Å². The average Bonchev–Trinajstić information content (AvgIpc) is 2.85. The first-order valence-electron chi connectivity index (χ1n) is 7.29. The minimum atomic E-state index is 0.0250. The first-order valence-corrected chi connectivity index (χ1v) is 7.29. The van der Waals surface area contributed by atoms with Gasteiger partial charge in [-0.3, -0.25) is 4.90 Å². The van der Waals surface area contributed by atoms with E-state index >= 15 is 0 Å². The Hall–Kier alpha value is -1.13. The van der Waals surface area contributed by atoms with Gasteiger partial charge in [-0.05, 0) is 38.9 Å². The summed E-state index contributed by atoms with van der Waals surface area (Å²) >= 11 is 0. The van der Waals surface area contributed by atoms with E-state index in [2.05, 4.69) is 34.8 Å². The van der Waals surface area contributed by atoms with Crippen LogP contribution in [0.25, 0.3) is 0 Å². The maximum atomic E-state index is 6.04. The molecule has 0 radical (unpaired) electrons. The number of pyridine rings is 1. The number of rotatable bonds is 5. The van der Waals surface area contributed by atoms with Crippen LogP contribution in [0.15, 0.2) is 18.3 Å². The van der Waals surface area contributed by atoms with Crippen LogP contribution < -0.4 is 10.6 Å². The highest BCUT2D eigenvalue weighted by Gasteiger charge is 2.25. The predicted octanol–water partition coefficient (Wildman–Crippen LogP) is 2.02. The number of nitrogens with two attached hydrogens (primary N) is 1. The Morgan fingerprint density at radius 2 is 2.37 bits per heavy atom. The number of anilines is 1. The number of likely N-dealkylation sites (tertiary alicyclic amines) is 1. The molecule has 1 saturated heterocycles. The lowest BCUT2D eigenvalue weighted by Gasteiger charge is -2.29. The highest BCUT2D eigenvalue weighted by Crippen LogP contribution is 2.24. The van der Waals surface area contributed by atoms with Gasteiger partial charge >= 0.3 is 0 Å². The molecule has 0 spiro atoms. The molecule has 4 heteroatoms. The largest absolute Gasteiger partial charge is 0.358 e. The van der Waals surface area contributed by atoms with Crippen molar-refractivity contribution in [3.8, 4) is 0 Å². The van der Waals surface area contributed by atoms with Gasteiger partial charge in [0.1, 0.15) is 5.82 Å². The summed E-state index contributed by atoms with van der Waals surface area (Å²) in [7, 11) is 2.13. The van der Waals surface area contributed by atoms with Crippen LogP contribution in [0.1, 0.15) is 38.3 Å². The van der Waals surface area contributed by atoms with Gasteiger partial charge in [0.2, 0.25) is 0 Å². The van der Waals surface area contributed by atoms with E-state index in [0.717, 1.165) is 24.5 Å². The normalized spacial score (nSPS) is 21.6. The molecule has 2 rings (SSSR count). The quantitative estimate of drug-likeness (QED) is 0.882. The maximum Gasteiger partial charge on any atom is 0.133 e. The van der Waals surface area contributed by atoms with Gasteiger partial charge in [-0.15, -0.1) is 0 Å². The van der Waals surface area contributed by atoms with E-state index in [-0.39, 0.29) is 6.04 Å². The van der Waals surface area contributed by atoms with Crippen molar-refractivity contribution >= 4 is 5.82 Å². The molecule has 1 aromatic heterocycles. The van der Waals surface area contributed by atoms with Crippen molar-refractivity contribution in [2.45, 2.75) is 38.8 Å². The molecular formula is C15H26N4. The molecule has 106 valence electrons. The van der Waals surface area contributed by atoms with Crippen LogP contribution >= 0.6 is 0 Å². The Kier molecular flexibility index (Phi) is 4.77. The fraction of sp³-hybridized carbons (Fsp3) is 0.667. The summed E-state index contributed by atoms with van der Waals surface area (Å²) in [5.74, 6) is 1.03. The summed E-state index contributed by atoms with van der Waals surface area (Å²) in [4.78, 5) is 9.34. The number of aromatic nitrogens is 1. The van der Waals surface area contributed by atoms with Gasteiger partial charge in [0.15, 0.2) is 0 Å². The highest BCUT2D eigenvalue weighted by molar-refractivity contribution is 5.47. The smallest absolute Gasteiger partial charge is 0.133 e. The van der Waals surface area contributed by atoms with Crippen molar-refractivity contribution < 1.29 is 0 Å². The van der Waals surface area contributed by atoms with E-state index in [1.807, 2.05) is 19.2 Å². The van der Waals surface area contributed by atoms with Gasteiger partial charge in [-0.2, -0.15) is 0 Å². The molecule has 2 atom stereocenters. The topological polar surface area (TPSA) is 45.4 Å². The molecule has 0 bridgehead atoms. The monoisotopic (exact) mass is 262 g/mol. The van der Waals surface area contributed by atoms with Crippen LogP contribution in [0.2, 0.25) is 0 Å². The molecule has 2 heterocycles. The lowest BCUT2D eigenvalue weighted by molar-refractivity contribution is 0.270. The molecule has 1 aliphatic rings. The van der Waals surface area contributed by atoms with E-state index < -0.39 is 0 Å². The zero-order valence-electron chi connectivity index (χ0n) is 12.3. The molecule has 1 fully saturated rings. The number of hydrogen-bond acceptors (Lipinski definition) is 4. The van der Waals surface area contributed by atoms with Gasteiger partial charge in [-0.1, -0.05) is 13.0 Å². The van der Waals surface area contributed by atoms with E-state index in [1.54, 1.807) is 0 Å². The summed E-state index contributed by atoms with van der Waals surface area (Å²) < 4.78 is 0. The lowest BCUT2D eigenvalue weighted by Crippen LogP contribution is -2.39. The molecule has 4 nitrogen and oxygen atoms in total. The third kappa shape index (κ3) is 3.25. The molecular weight excluding hydrogens is 236 g/mol. The van der Waals surface area contributed by atoms with Crippen molar-refractivity contribution in [1.82, 2.24) is 9.88 Å². The van der Waals surface area contributed by atoms with Gasteiger partial charge < -0.3 is 10.6 Å². The van der Waals surface area contributed by atoms with Crippen molar-refractivity contribution in [2.24, 2.45) is 5.73 Å². The average molecular weight is 262 g/mol. The summed E-state index contributed by atoms with van der Waals surface area (Å²) in [5.41, 5.74) is 7.17. The van der Waals surface area contributed by atoms with Gasteiger partial charge in [0, 0.05) is 37.4 Å². The van der Waals surface area contributed by atoms with Crippen LogP contribution in [-0.2, 0) is 0 Å². The Labute approximate surface area is 116 Å². The first-order chi connectivity index (χ1) is 9.13. The predicted molar refractivity (Wildman–Crippen MR) is 80.4 cm³/mol. The van der Waals surface area contributed by atoms with Crippen LogP contribution in [0.3, 0.4) is 0 Å². The Bertz CT molecular complexity index is 405. The van der Waals surface area contributed by atoms with E-state index in [4.69, 9.17) is 5.73 Å². The minimum absolute atomic E-state index is 0.0250. The SMILES string of the molecule is CCN1CCCC1CN(C)c1ncccc1C(C)N. The molecule has 2 N–H and O–H groups in total. The molecule has 1 aromatic rings. The molecule has 0 aromatic carbocycles. The third-order valence-electron chi connectivity index (χ3n) is 4.06. The summed E-state index contributed by atoms with van der Waals surface area (Å²) in [6.07, 6.45) is 4.46. The van der Waals surface area contributed by atoms with E-state index in [9.17, 15) is 0 Å². The standard InChI is InChI=1S/C15H26N4/c1-4-19-10-6-7-13(19)11-18(3)15-14(12(2)16)8-5-9-17-15/h5,8-9,12-13H,4,6-7,10-11,16H2,1-3H3. The van der Waals surface area contributed by atoms with Crippen LogP contribution in [0.4, 0.5) is 5.82 Å². The van der Waals surface area contributed by atoms with Crippen molar-refractivity contribution in [2.75, 3.05) is 31.6 Å². The zero-order chi connectivity index (χ0) is 13.8. The Morgan fingerprint density at radius 3 is 3.05 bits per heavy atom. The molecule has 1 aliphatic heterocycles. The fourth-order valence-electron chi connectivity index (χ4n) is 3.00. The first kappa shape index (κ1) is 14.3. The van der Waals surface area contributed by atoms with Crippen molar-refractivity contribution in [3.05, 3.63) is 23.9 Å². The number of hydrogen-bond donors (Lipinski definition) is 1. The van der Waals surface area contributed by atoms with Crippen LogP contribution in [-0.4, -0.2) is 42.6 Å². The Morgan fingerprint density at radius 1 is 1.58 bits per heavy atom. The summed E-state index contributed by atoms with van der Waals surface area (Å²) in [6.45, 7) is 7.66. The second kappa shape index (κ2) is 6.35. The second-order valence-electron chi connectivity index (χ2n) is 5.51. The van der Waals surface area contributed by atoms with E-state index in [0.29, 0.717) is 6.04 Å². The molecule has 0 amide bonds. The third-order valence-corrected chi connectivity index (χ3v) is 4.06. The number of likely N-dealkylation sites (N-methyl/N-ethyl adjacent to an activating group) is 2. The van der Waals surface area contributed by atoms with Gasteiger partial charge in [0.05, 0.1) is 0 Å². The van der Waals surface area contributed by atoms with Crippen molar-refractivity contribution in [1.29, 1.82) is 0 Å². The van der Waals surface area contributed by atoms with Gasteiger partial charge in [0.25, 0.3) is 0 Å². The van der Waals surface area contributed by atoms with Crippen LogP contribution in [0, 0.1) is 0 Å². The molecule has 0 aliphatic carbocycles. The van der Waals surface area contributed by atoms with Crippen LogP contribution in [0.5, 0.6) is 0 Å². The Balaban J connectivity index is 2.09. The highest BCUT2D eigenvalue weighted by atomic mass is 15.2. The lowest BCUT2D eigenvalue weighted by atomic mass is 10.1. The minimum Gasteiger partial charge on any atom is -0.358 e. The second-order valence-corrected chi connectivity index (χ2v) is 5.51. The molecule has 19 heavy (non-hydrogen) atoms. The summed E-state index contributed by atoms with van der Waals surface area (Å²) in [6, 6.07) is 4.72. The summed E-state index contributed by atoms with van der Waals surface area (Å²) in [5, 5.41) is 0. The zero-order valence-corrected chi connectivity index (χ0v) is 12.3. The molecule has 0 saturated carbocycles. The molecule has 2 unspecified atom stereocenters. The number of nitrogens with zero attached hydrogens (tertiary/aromatic N) is 3. The fourth-order valence-corrected chi connectivity index (χ4v) is 3.00. The van der Waals surface area contributed by atoms with E-state index in [1.165, 1.54) is 19.4 Å². The maximum absolute atomic E-state index is 6.04.